The summed E-state index contributed by atoms with van der Waals surface area (Å²) in [7, 11) is 3.78. The SMILES string of the molecule is CN=C(NCc1ccon1)N(C)Cc1ccsc1. The fourth-order valence-corrected chi connectivity index (χ4v) is 2.27. The molecule has 0 spiro atoms. The molecule has 0 unspecified atom stereocenters. The van der Waals surface area contributed by atoms with Gasteiger partial charge in [-0.05, 0) is 22.4 Å². The summed E-state index contributed by atoms with van der Waals surface area (Å²) in [5.41, 5.74) is 2.15. The van der Waals surface area contributed by atoms with Gasteiger partial charge >= 0.3 is 0 Å². The molecule has 0 aliphatic rings. The third-order valence-corrected chi connectivity index (χ3v) is 3.22. The molecule has 0 radical (unpaired) electrons. The van der Waals surface area contributed by atoms with E-state index in [0.717, 1.165) is 18.2 Å². The van der Waals surface area contributed by atoms with Crippen LogP contribution in [0.3, 0.4) is 0 Å². The van der Waals surface area contributed by atoms with Gasteiger partial charge in [-0.15, -0.1) is 0 Å². The predicted octanol–water partition coefficient (Wildman–Crippen LogP) is 1.94. The Morgan fingerprint density at radius 1 is 1.56 bits per heavy atom. The number of nitrogens with zero attached hydrogens (tertiary/aromatic N) is 3. The van der Waals surface area contributed by atoms with Crippen LogP contribution in [-0.4, -0.2) is 30.1 Å². The molecule has 0 saturated carbocycles. The highest BCUT2D eigenvalue weighted by Gasteiger charge is 2.07. The van der Waals surface area contributed by atoms with Crippen molar-refractivity contribution in [2.45, 2.75) is 13.1 Å². The fraction of sp³-hybridized carbons (Fsp3) is 0.333. The first-order valence-corrected chi connectivity index (χ1v) is 6.56. The molecule has 18 heavy (non-hydrogen) atoms. The van der Waals surface area contributed by atoms with E-state index in [1.54, 1.807) is 24.6 Å². The van der Waals surface area contributed by atoms with E-state index in [4.69, 9.17) is 4.52 Å². The number of hydrogen-bond acceptors (Lipinski definition) is 4. The van der Waals surface area contributed by atoms with Gasteiger partial charge in [0.25, 0.3) is 0 Å². The second-order valence-electron chi connectivity index (χ2n) is 3.88. The first-order chi connectivity index (χ1) is 8.79. The zero-order chi connectivity index (χ0) is 12.8. The van der Waals surface area contributed by atoms with Crippen molar-refractivity contribution in [1.82, 2.24) is 15.4 Å². The maximum absolute atomic E-state index is 4.78. The largest absolute Gasteiger partial charge is 0.364 e. The molecule has 0 fully saturated rings. The van der Waals surface area contributed by atoms with Crippen LogP contribution in [0.5, 0.6) is 0 Å². The minimum atomic E-state index is 0.608. The monoisotopic (exact) mass is 264 g/mol. The number of hydrogen-bond donors (Lipinski definition) is 1. The Hall–Kier alpha value is -1.82. The summed E-state index contributed by atoms with van der Waals surface area (Å²) in [6, 6.07) is 3.95. The van der Waals surface area contributed by atoms with Gasteiger partial charge in [0.2, 0.25) is 0 Å². The third kappa shape index (κ3) is 3.33. The molecule has 2 heterocycles. The molecule has 1 N–H and O–H groups in total. The van der Waals surface area contributed by atoms with Crippen molar-refractivity contribution in [2.24, 2.45) is 4.99 Å². The highest BCUT2D eigenvalue weighted by Crippen LogP contribution is 2.08. The topological polar surface area (TPSA) is 53.7 Å². The summed E-state index contributed by atoms with van der Waals surface area (Å²) in [5.74, 6) is 0.837. The minimum Gasteiger partial charge on any atom is -0.364 e. The van der Waals surface area contributed by atoms with Gasteiger partial charge < -0.3 is 14.7 Å². The Morgan fingerprint density at radius 2 is 2.44 bits per heavy atom. The summed E-state index contributed by atoms with van der Waals surface area (Å²) in [6.07, 6.45) is 1.56. The van der Waals surface area contributed by atoms with Crippen LogP contribution in [0.25, 0.3) is 0 Å². The van der Waals surface area contributed by atoms with Crippen LogP contribution in [0, 0.1) is 0 Å². The fourth-order valence-electron chi connectivity index (χ4n) is 1.61. The predicted molar refractivity (Wildman–Crippen MR) is 72.5 cm³/mol. The van der Waals surface area contributed by atoms with Gasteiger partial charge in [0.05, 0.1) is 6.54 Å². The highest BCUT2D eigenvalue weighted by molar-refractivity contribution is 7.07. The van der Waals surface area contributed by atoms with Crippen LogP contribution in [0.1, 0.15) is 11.3 Å². The molecule has 0 aromatic carbocycles. The van der Waals surface area contributed by atoms with Crippen LogP contribution in [0.15, 0.2) is 38.7 Å². The lowest BCUT2D eigenvalue weighted by Crippen LogP contribution is -2.38. The molecule has 0 saturated heterocycles. The summed E-state index contributed by atoms with van der Waals surface area (Å²) in [5, 5.41) is 11.3. The second-order valence-corrected chi connectivity index (χ2v) is 4.66. The maximum Gasteiger partial charge on any atom is 0.194 e. The Morgan fingerprint density at radius 3 is 3.06 bits per heavy atom. The van der Waals surface area contributed by atoms with Crippen LogP contribution in [0.2, 0.25) is 0 Å². The average molecular weight is 264 g/mol. The minimum absolute atomic E-state index is 0.608. The lowest BCUT2D eigenvalue weighted by Gasteiger charge is -2.21. The standard InChI is InChI=1S/C12H16N4OS/c1-13-12(14-7-11-3-5-17-15-11)16(2)8-10-4-6-18-9-10/h3-6,9H,7-8H2,1-2H3,(H,13,14). The van der Waals surface area contributed by atoms with Crippen molar-refractivity contribution in [1.29, 1.82) is 0 Å². The number of thiophene rings is 1. The average Bonchev–Trinajstić information content (AvgIpc) is 3.02. The van der Waals surface area contributed by atoms with Crippen LogP contribution in [0.4, 0.5) is 0 Å². The smallest absolute Gasteiger partial charge is 0.194 e. The highest BCUT2D eigenvalue weighted by atomic mass is 32.1. The molecule has 0 aliphatic carbocycles. The molecule has 96 valence electrons. The van der Waals surface area contributed by atoms with Gasteiger partial charge in [-0.1, -0.05) is 5.16 Å². The summed E-state index contributed by atoms with van der Waals surface area (Å²) >= 11 is 1.70. The molecule has 6 heteroatoms. The summed E-state index contributed by atoms with van der Waals surface area (Å²) < 4.78 is 4.78. The lowest BCUT2D eigenvalue weighted by atomic mass is 10.3. The van der Waals surface area contributed by atoms with Gasteiger partial charge in [-0.2, -0.15) is 11.3 Å². The number of aliphatic imine (C=N–C) groups is 1. The molecule has 5 nitrogen and oxygen atoms in total. The van der Waals surface area contributed by atoms with Crippen LogP contribution in [-0.2, 0) is 13.1 Å². The number of aromatic nitrogens is 1. The van der Waals surface area contributed by atoms with Crippen LogP contribution >= 0.6 is 11.3 Å². The molecular formula is C12H16N4OS. The lowest BCUT2D eigenvalue weighted by molar-refractivity contribution is 0.409. The zero-order valence-corrected chi connectivity index (χ0v) is 11.3. The normalized spacial score (nSPS) is 11.6. The summed E-state index contributed by atoms with van der Waals surface area (Å²) in [6.45, 7) is 1.44. The zero-order valence-electron chi connectivity index (χ0n) is 10.5. The van der Waals surface area contributed by atoms with E-state index in [9.17, 15) is 0 Å². The number of rotatable bonds is 4. The van der Waals surface area contributed by atoms with Gasteiger partial charge in [-0.3, -0.25) is 4.99 Å². The molecular weight excluding hydrogens is 248 g/mol. The van der Waals surface area contributed by atoms with E-state index in [1.165, 1.54) is 5.56 Å². The summed E-state index contributed by atoms with van der Waals surface area (Å²) in [4.78, 5) is 6.32. The van der Waals surface area contributed by atoms with Gasteiger partial charge in [0, 0.05) is 26.7 Å². The van der Waals surface area contributed by atoms with Gasteiger partial charge in [0.1, 0.15) is 12.0 Å². The van der Waals surface area contributed by atoms with Crippen molar-refractivity contribution in [3.8, 4) is 0 Å². The Balaban J connectivity index is 1.88. The van der Waals surface area contributed by atoms with E-state index in [-0.39, 0.29) is 0 Å². The first-order valence-electron chi connectivity index (χ1n) is 5.61. The Bertz CT molecular complexity index is 478. The molecule has 2 aromatic heterocycles. The molecule has 2 rings (SSSR count). The van der Waals surface area contributed by atoms with E-state index in [2.05, 4.69) is 37.2 Å². The quantitative estimate of drug-likeness (QED) is 0.677. The van der Waals surface area contributed by atoms with Crippen molar-refractivity contribution >= 4 is 17.3 Å². The van der Waals surface area contributed by atoms with Gasteiger partial charge in [0.15, 0.2) is 5.96 Å². The van der Waals surface area contributed by atoms with Crippen molar-refractivity contribution in [2.75, 3.05) is 14.1 Å². The molecule has 0 amide bonds. The molecule has 0 atom stereocenters. The number of guanidine groups is 1. The number of nitrogens with one attached hydrogen (secondary N) is 1. The van der Waals surface area contributed by atoms with Crippen LogP contribution < -0.4 is 5.32 Å². The maximum atomic E-state index is 4.78. The van der Waals surface area contributed by atoms with Crippen molar-refractivity contribution in [3.05, 3.63) is 40.4 Å². The Labute approximate surface area is 110 Å². The van der Waals surface area contributed by atoms with Gasteiger partial charge in [-0.25, -0.2) is 0 Å². The van der Waals surface area contributed by atoms with E-state index >= 15 is 0 Å². The van der Waals surface area contributed by atoms with E-state index in [1.807, 2.05) is 13.1 Å². The van der Waals surface area contributed by atoms with Crippen molar-refractivity contribution < 1.29 is 4.52 Å². The molecule has 0 aliphatic heterocycles. The van der Waals surface area contributed by atoms with Crippen molar-refractivity contribution in [3.63, 3.8) is 0 Å². The second kappa shape index (κ2) is 6.20. The first kappa shape index (κ1) is 12.6. The third-order valence-electron chi connectivity index (χ3n) is 2.49. The molecule has 0 bridgehead atoms. The Kier molecular flexibility index (Phi) is 4.35. The molecule has 2 aromatic rings. The van der Waals surface area contributed by atoms with E-state index in [0.29, 0.717) is 6.54 Å². The van der Waals surface area contributed by atoms with E-state index < -0.39 is 0 Å².